The number of nitrogens with zero attached hydrogens (tertiary/aromatic N) is 3. The number of anilines is 1. The van der Waals surface area contributed by atoms with Gasteiger partial charge in [0.2, 0.25) is 5.95 Å². The molecule has 0 aliphatic rings. The van der Waals surface area contributed by atoms with Gasteiger partial charge in [0.15, 0.2) is 5.69 Å². The highest BCUT2D eigenvalue weighted by atomic mass is 32.1. The summed E-state index contributed by atoms with van der Waals surface area (Å²) in [6.45, 7) is 4.31. The van der Waals surface area contributed by atoms with Gasteiger partial charge in [-0.05, 0) is 19.9 Å². The van der Waals surface area contributed by atoms with E-state index in [4.69, 9.17) is 5.11 Å². The second kappa shape index (κ2) is 5.75. The van der Waals surface area contributed by atoms with Crippen LogP contribution in [-0.2, 0) is 6.42 Å². The Morgan fingerprint density at radius 2 is 2.11 bits per heavy atom. The number of nitrogens with one attached hydrogen (secondary N) is 1. The second-order valence-corrected chi connectivity index (χ2v) is 5.03. The minimum atomic E-state index is -1.05. The molecule has 0 unspecified atom stereocenters. The summed E-state index contributed by atoms with van der Waals surface area (Å²) in [6.07, 6.45) is 0.762. The smallest absolute Gasteiger partial charge is 0.354 e. The molecule has 100 valence electrons. The van der Waals surface area contributed by atoms with Crippen LogP contribution in [0.15, 0.2) is 11.4 Å². The molecule has 19 heavy (non-hydrogen) atoms. The van der Waals surface area contributed by atoms with E-state index < -0.39 is 5.97 Å². The fourth-order valence-electron chi connectivity index (χ4n) is 1.56. The normalized spacial score (nSPS) is 10.4. The Bertz CT molecular complexity index is 597. The molecule has 0 saturated carbocycles. The predicted molar refractivity (Wildman–Crippen MR) is 72.8 cm³/mol. The van der Waals surface area contributed by atoms with Crippen LogP contribution in [0.2, 0.25) is 0 Å². The van der Waals surface area contributed by atoms with E-state index in [1.54, 1.807) is 18.3 Å². The van der Waals surface area contributed by atoms with Crippen molar-refractivity contribution in [1.29, 1.82) is 0 Å². The molecule has 0 saturated heterocycles. The molecule has 2 aromatic heterocycles. The van der Waals surface area contributed by atoms with Crippen LogP contribution in [-0.4, -0.2) is 32.6 Å². The maximum Gasteiger partial charge on any atom is 0.354 e. The van der Waals surface area contributed by atoms with Crippen molar-refractivity contribution in [1.82, 2.24) is 15.0 Å². The lowest BCUT2D eigenvalue weighted by Gasteiger charge is -2.05. The molecule has 0 aliphatic heterocycles. The molecule has 0 aromatic carbocycles. The summed E-state index contributed by atoms with van der Waals surface area (Å²) in [4.78, 5) is 23.3. The molecule has 0 bridgehead atoms. The Hall–Kier alpha value is -2.02. The molecule has 0 fully saturated rings. The fourth-order valence-corrected chi connectivity index (χ4v) is 2.33. The molecule has 2 aromatic rings. The first-order valence-corrected chi connectivity index (χ1v) is 6.66. The van der Waals surface area contributed by atoms with E-state index in [9.17, 15) is 4.79 Å². The van der Waals surface area contributed by atoms with E-state index in [0.717, 1.165) is 17.1 Å². The molecule has 0 atom stereocenters. The largest absolute Gasteiger partial charge is 0.477 e. The highest BCUT2D eigenvalue weighted by Crippen LogP contribution is 2.10. The number of carbonyl (C=O) groups is 1. The van der Waals surface area contributed by atoms with Gasteiger partial charge in [0.25, 0.3) is 0 Å². The summed E-state index contributed by atoms with van der Waals surface area (Å²) in [5, 5.41) is 15.0. The summed E-state index contributed by atoms with van der Waals surface area (Å²) in [5.41, 5.74) is 1.64. The standard InChI is InChI=1S/C12H14N4O2S/c1-7-5-9(11(17)18)16-12(15-7)13-4-3-10-14-8(2)6-19-10/h5-6H,3-4H2,1-2H3,(H,17,18)(H,13,15,16). The van der Waals surface area contributed by atoms with Crippen molar-refractivity contribution in [2.75, 3.05) is 11.9 Å². The van der Waals surface area contributed by atoms with Crippen molar-refractivity contribution in [2.45, 2.75) is 20.3 Å². The van der Waals surface area contributed by atoms with Crippen molar-refractivity contribution >= 4 is 23.3 Å². The van der Waals surface area contributed by atoms with Gasteiger partial charge in [-0.25, -0.2) is 19.7 Å². The number of hydrogen-bond acceptors (Lipinski definition) is 6. The van der Waals surface area contributed by atoms with Crippen molar-refractivity contribution in [3.8, 4) is 0 Å². The summed E-state index contributed by atoms with van der Waals surface area (Å²) in [6, 6.07) is 1.44. The van der Waals surface area contributed by atoms with Gasteiger partial charge in [-0.15, -0.1) is 11.3 Å². The second-order valence-electron chi connectivity index (χ2n) is 4.08. The van der Waals surface area contributed by atoms with Gasteiger partial charge in [0.05, 0.1) is 5.01 Å². The Morgan fingerprint density at radius 3 is 2.74 bits per heavy atom. The summed E-state index contributed by atoms with van der Waals surface area (Å²) in [7, 11) is 0. The maximum atomic E-state index is 10.9. The van der Waals surface area contributed by atoms with Gasteiger partial charge in [0.1, 0.15) is 0 Å². The van der Waals surface area contributed by atoms with Gasteiger partial charge >= 0.3 is 5.97 Å². The van der Waals surface area contributed by atoms with Gasteiger partial charge < -0.3 is 10.4 Å². The van der Waals surface area contributed by atoms with Crippen molar-refractivity contribution in [3.63, 3.8) is 0 Å². The Labute approximate surface area is 114 Å². The third-order valence-electron chi connectivity index (χ3n) is 2.36. The first kappa shape index (κ1) is 13.4. The number of carboxylic acids is 1. The van der Waals surface area contributed by atoms with E-state index in [1.807, 2.05) is 12.3 Å². The van der Waals surface area contributed by atoms with E-state index >= 15 is 0 Å². The van der Waals surface area contributed by atoms with Crippen LogP contribution in [0.3, 0.4) is 0 Å². The van der Waals surface area contributed by atoms with Crippen LogP contribution in [0.25, 0.3) is 0 Å². The quantitative estimate of drug-likeness (QED) is 0.868. The Morgan fingerprint density at radius 1 is 1.32 bits per heavy atom. The van der Waals surface area contributed by atoms with Crippen LogP contribution in [0.1, 0.15) is 26.9 Å². The number of aromatic nitrogens is 3. The fraction of sp³-hybridized carbons (Fsp3) is 0.333. The number of rotatable bonds is 5. The minimum Gasteiger partial charge on any atom is -0.477 e. The molecule has 2 N–H and O–H groups in total. The SMILES string of the molecule is Cc1cc(C(=O)O)nc(NCCc2nc(C)cs2)n1. The highest BCUT2D eigenvalue weighted by Gasteiger charge is 2.08. The van der Waals surface area contributed by atoms with Gasteiger partial charge in [-0.3, -0.25) is 0 Å². The van der Waals surface area contributed by atoms with Crippen molar-refractivity contribution in [3.05, 3.63) is 33.5 Å². The number of aromatic carboxylic acids is 1. The summed E-state index contributed by atoms with van der Waals surface area (Å²) >= 11 is 1.61. The number of thiazole rings is 1. The molecule has 2 rings (SSSR count). The Kier molecular flexibility index (Phi) is 4.06. The molecular weight excluding hydrogens is 264 g/mol. The lowest BCUT2D eigenvalue weighted by atomic mass is 10.3. The van der Waals surface area contributed by atoms with Crippen molar-refractivity contribution in [2.24, 2.45) is 0 Å². The molecular formula is C12H14N4O2S. The topological polar surface area (TPSA) is 88.0 Å². The molecule has 0 amide bonds. The average molecular weight is 278 g/mol. The molecule has 2 heterocycles. The molecule has 7 heteroatoms. The van der Waals surface area contributed by atoms with Crippen LogP contribution in [0, 0.1) is 13.8 Å². The number of hydrogen-bond donors (Lipinski definition) is 2. The van der Waals surface area contributed by atoms with E-state index in [1.165, 1.54) is 6.07 Å². The average Bonchev–Trinajstić information content (AvgIpc) is 2.74. The number of aryl methyl sites for hydroxylation is 2. The van der Waals surface area contributed by atoms with Crippen LogP contribution in [0.4, 0.5) is 5.95 Å². The lowest BCUT2D eigenvalue weighted by Crippen LogP contribution is -2.11. The zero-order valence-corrected chi connectivity index (χ0v) is 11.5. The molecule has 0 radical (unpaired) electrons. The number of carboxylic acid groups (broad SMARTS) is 1. The molecule has 6 nitrogen and oxygen atoms in total. The molecule has 0 aliphatic carbocycles. The summed E-state index contributed by atoms with van der Waals surface area (Å²) < 4.78 is 0. The first-order valence-electron chi connectivity index (χ1n) is 5.78. The van der Waals surface area contributed by atoms with Crippen LogP contribution < -0.4 is 5.32 Å². The zero-order valence-electron chi connectivity index (χ0n) is 10.7. The molecule has 0 spiro atoms. The first-order chi connectivity index (χ1) is 9.04. The monoisotopic (exact) mass is 278 g/mol. The third kappa shape index (κ3) is 3.72. The minimum absolute atomic E-state index is 0.0000862. The van der Waals surface area contributed by atoms with E-state index in [0.29, 0.717) is 18.2 Å². The zero-order chi connectivity index (χ0) is 13.8. The van der Waals surface area contributed by atoms with Crippen LogP contribution >= 0.6 is 11.3 Å². The third-order valence-corrected chi connectivity index (χ3v) is 3.39. The highest BCUT2D eigenvalue weighted by molar-refractivity contribution is 7.09. The lowest BCUT2D eigenvalue weighted by molar-refractivity contribution is 0.0690. The summed E-state index contributed by atoms with van der Waals surface area (Å²) in [5.74, 6) is -0.713. The van der Waals surface area contributed by atoms with Crippen molar-refractivity contribution < 1.29 is 9.90 Å². The van der Waals surface area contributed by atoms with Gasteiger partial charge in [-0.2, -0.15) is 0 Å². The Balaban J connectivity index is 1.97. The van der Waals surface area contributed by atoms with E-state index in [2.05, 4.69) is 20.3 Å². The van der Waals surface area contributed by atoms with Crippen LogP contribution in [0.5, 0.6) is 0 Å². The maximum absolute atomic E-state index is 10.9. The predicted octanol–water partition coefficient (Wildman–Crippen LogP) is 1.90. The van der Waals surface area contributed by atoms with Gasteiger partial charge in [-0.1, -0.05) is 0 Å². The van der Waals surface area contributed by atoms with Gasteiger partial charge in [0, 0.05) is 29.7 Å². The van der Waals surface area contributed by atoms with E-state index in [-0.39, 0.29) is 5.69 Å².